The summed E-state index contributed by atoms with van der Waals surface area (Å²) >= 11 is 0. The van der Waals surface area contributed by atoms with E-state index in [2.05, 4.69) is 0 Å². The minimum Gasteiger partial charge on any atom is -0.425 e. The van der Waals surface area contributed by atoms with Crippen molar-refractivity contribution in [3.05, 3.63) is 0 Å². The van der Waals surface area contributed by atoms with Crippen molar-refractivity contribution in [2.24, 2.45) is 11.3 Å². The van der Waals surface area contributed by atoms with E-state index in [1.54, 1.807) is 13.8 Å². The lowest BCUT2D eigenvalue weighted by molar-refractivity contribution is -0.203. The van der Waals surface area contributed by atoms with Gasteiger partial charge >= 0.3 is 11.9 Å². The van der Waals surface area contributed by atoms with E-state index >= 15 is 0 Å². The molecule has 94 valence electrons. The first-order valence-electron chi connectivity index (χ1n) is 5.72. The van der Waals surface area contributed by atoms with E-state index in [0.29, 0.717) is 19.3 Å². The van der Waals surface area contributed by atoms with Gasteiger partial charge in [-0.15, -0.1) is 0 Å². The second kappa shape index (κ2) is 5.17. The van der Waals surface area contributed by atoms with Gasteiger partial charge < -0.3 is 9.47 Å². The van der Waals surface area contributed by atoms with Crippen LogP contribution in [0.5, 0.6) is 0 Å². The van der Waals surface area contributed by atoms with Crippen LogP contribution in [0.25, 0.3) is 0 Å². The van der Waals surface area contributed by atoms with Crippen molar-refractivity contribution in [3.63, 3.8) is 0 Å². The Labute approximate surface area is 101 Å². The van der Waals surface area contributed by atoms with Gasteiger partial charge in [-0.25, -0.2) is 0 Å². The summed E-state index contributed by atoms with van der Waals surface area (Å²) in [4.78, 5) is 23.0. The lowest BCUT2D eigenvalue weighted by Gasteiger charge is -2.28. The summed E-state index contributed by atoms with van der Waals surface area (Å²) in [7, 11) is 0. The zero-order valence-electron chi connectivity index (χ0n) is 10.4. The monoisotopic (exact) mass is 239 g/mol. The van der Waals surface area contributed by atoms with Gasteiger partial charge in [0.25, 0.3) is 0 Å². The number of cyclic esters (lactones) is 1. The van der Waals surface area contributed by atoms with E-state index < -0.39 is 23.6 Å². The quantitative estimate of drug-likeness (QED) is 0.701. The summed E-state index contributed by atoms with van der Waals surface area (Å²) in [5.41, 5.74) is -0.585. The van der Waals surface area contributed by atoms with E-state index in [1.807, 2.05) is 13.0 Å². The molecule has 0 N–H and O–H groups in total. The lowest BCUT2D eigenvalue weighted by Crippen LogP contribution is -2.37. The van der Waals surface area contributed by atoms with Crippen molar-refractivity contribution in [2.45, 2.75) is 46.3 Å². The average molecular weight is 239 g/mol. The molecule has 1 fully saturated rings. The predicted molar refractivity (Wildman–Crippen MR) is 58.4 cm³/mol. The van der Waals surface area contributed by atoms with Crippen molar-refractivity contribution in [3.8, 4) is 6.07 Å². The molecule has 0 aliphatic carbocycles. The van der Waals surface area contributed by atoms with Gasteiger partial charge in [0.15, 0.2) is 0 Å². The number of carbonyl (C=O) groups excluding carboxylic acids is 2. The van der Waals surface area contributed by atoms with Gasteiger partial charge in [0, 0.05) is 6.42 Å². The average Bonchev–Trinajstić information content (AvgIpc) is 2.29. The molecule has 0 bridgehead atoms. The van der Waals surface area contributed by atoms with Gasteiger partial charge in [0.1, 0.15) is 5.92 Å². The third-order valence-corrected chi connectivity index (χ3v) is 3.05. The molecule has 1 aliphatic heterocycles. The number of ether oxygens (including phenoxy) is 2. The molecule has 0 spiro atoms. The maximum atomic E-state index is 11.7. The first-order valence-corrected chi connectivity index (χ1v) is 5.72. The SMILES string of the molecule is CCC(C)(C)C(=O)OC1CCC(C#N)C(=O)O1. The Balaban J connectivity index is 2.53. The smallest absolute Gasteiger partial charge is 0.326 e. The number of nitriles is 1. The third-order valence-electron chi connectivity index (χ3n) is 3.05. The van der Waals surface area contributed by atoms with Gasteiger partial charge in [-0.1, -0.05) is 6.92 Å². The second-order valence-corrected chi connectivity index (χ2v) is 4.77. The fourth-order valence-corrected chi connectivity index (χ4v) is 1.31. The number of nitrogens with zero attached hydrogens (tertiary/aromatic N) is 1. The van der Waals surface area contributed by atoms with Crippen molar-refractivity contribution < 1.29 is 19.1 Å². The molecule has 1 rings (SSSR count). The molecule has 0 aromatic heterocycles. The molecular formula is C12H17NO4. The fourth-order valence-electron chi connectivity index (χ4n) is 1.31. The number of hydrogen-bond donors (Lipinski definition) is 0. The highest BCUT2D eigenvalue weighted by molar-refractivity contribution is 5.78. The van der Waals surface area contributed by atoms with Crippen LogP contribution in [0.3, 0.4) is 0 Å². The Morgan fingerprint density at radius 1 is 1.59 bits per heavy atom. The molecule has 1 heterocycles. The Kier molecular flexibility index (Phi) is 4.11. The van der Waals surface area contributed by atoms with E-state index in [-0.39, 0.29) is 5.97 Å². The van der Waals surface area contributed by atoms with Crippen LogP contribution < -0.4 is 0 Å². The van der Waals surface area contributed by atoms with Gasteiger partial charge in [-0.2, -0.15) is 5.26 Å². The van der Waals surface area contributed by atoms with Crippen molar-refractivity contribution in [1.29, 1.82) is 5.26 Å². The zero-order valence-corrected chi connectivity index (χ0v) is 10.4. The van der Waals surface area contributed by atoms with Crippen molar-refractivity contribution in [1.82, 2.24) is 0 Å². The highest BCUT2D eigenvalue weighted by Gasteiger charge is 2.35. The van der Waals surface area contributed by atoms with Crippen LogP contribution in [0, 0.1) is 22.7 Å². The molecule has 1 aliphatic rings. The molecule has 0 aromatic rings. The van der Waals surface area contributed by atoms with Crippen LogP contribution in [0.15, 0.2) is 0 Å². The van der Waals surface area contributed by atoms with Crippen LogP contribution in [0.2, 0.25) is 0 Å². The lowest BCUT2D eigenvalue weighted by atomic mass is 9.90. The molecule has 17 heavy (non-hydrogen) atoms. The highest BCUT2D eigenvalue weighted by atomic mass is 16.7. The number of esters is 2. The summed E-state index contributed by atoms with van der Waals surface area (Å²) in [5.74, 6) is -1.72. The molecular weight excluding hydrogens is 222 g/mol. The van der Waals surface area contributed by atoms with E-state index in [9.17, 15) is 9.59 Å². The van der Waals surface area contributed by atoms with E-state index in [0.717, 1.165) is 0 Å². The maximum Gasteiger partial charge on any atom is 0.326 e. The predicted octanol–water partition coefficient (Wildman–Crippen LogP) is 1.77. The molecule has 0 radical (unpaired) electrons. The second-order valence-electron chi connectivity index (χ2n) is 4.77. The van der Waals surface area contributed by atoms with Crippen LogP contribution in [0.1, 0.15) is 40.0 Å². The van der Waals surface area contributed by atoms with Crippen LogP contribution in [-0.2, 0) is 19.1 Å². The van der Waals surface area contributed by atoms with E-state index in [4.69, 9.17) is 14.7 Å². The fraction of sp³-hybridized carbons (Fsp3) is 0.750. The van der Waals surface area contributed by atoms with Crippen LogP contribution in [-0.4, -0.2) is 18.2 Å². The van der Waals surface area contributed by atoms with Gasteiger partial charge in [-0.3, -0.25) is 9.59 Å². The molecule has 2 atom stereocenters. The van der Waals surface area contributed by atoms with Crippen molar-refractivity contribution in [2.75, 3.05) is 0 Å². The molecule has 5 heteroatoms. The Morgan fingerprint density at radius 2 is 2.24 bits per heavy atom. The van der Waals surface area contributed by atoms with Gasteiger partial charge in [0.2, 0.25) is 6.29 Å². The number of rotatable bonds is 3. The number of hydrogen-bond acceptors (Lipinski definition) is 5. The maximum absolute atomic E-state index is 11.7. The zero-order chi connectivity index (χ0) is 13.1. The largest absolute Gasteiger partial charge is 0.425 e. The summed E-state index contributed by atoms with van der Waals surface area (Å²) < 4.78 is 10.0. The van der Waals surface area contributed by atoms with Gasteiger partial charge in [0.05, 0.1) is 11.5 Å². The minimum atomic E-state index is -0.842. The van der Waals surface area contributed by atoms with Crippen LogP contribution in [0.4, 0.5) is 0 Å². The standard InChI is InChI=1S/C12H17NO4/c1-4-12(2,3)11(15)17-9-6-5-8(7-13)10(14)16-9/h8-9H,4-6H2,1-3H3. The summed E-state index contributed by atoms with van der Waals surface area (Å²) in [5, 5.41) is 8.64. The van der Waals surface area contributed by atoms with Crippen molar-refractivity contribution >= 4 is 11.9 Å². The Bertz CT molecular complexity index is 356. The molecule has 0 amide bonds. The van der Waals surface area contributed by atoms with Crippen LogP contribution >= 0.6 is 0 Å². The molecule has 2 unspecified atom stereocenters. The summed E-state index contributed by atoms with van der Waals surface area (Å²) in [6.45, 7) is 5.44. The van der Waals surface area contributed by atoms with Gasteiger partial charge in [-0.05, 0) is 26.7 Å². The first-order chi connectivity index (χ1) is 7.90. The summed E-state index contributed by atoms with van der Waals surface area (Å²) in [6.07, 6.45) is 0.563. The minimum absolute atomic E-state index is 0.375. The van der Waals surface area contributed by atoms with E-state index in [1.165, 1.54) is 0 Å². The Morgan fingerprint density at radius 3 is 2.71 bits per heavy atom. The summed E-state index contributed by atoms with van der Waals surface area (Å²) in [6, 6.07) is 1.85. The number of carbonyl (C=O) groups is 2. The highest BCUT2D eigenvalue weighted by Crippen LogP contribution is 2.26. The first kappa shape index (κ1) is 13.5. The topological polar surface area (TPSA) is 76.4 Å². The molecule has 5 nitrogen and oxygen atoms in total. The molecule has 0 saturated carbocycles. The molecule has 0 aromatic carbocycles. The molecule has 1 saturated heterocycles. The normalized spacial score (nSPS) is 24.7. The third kappa shape index (κ3) is 3.19. The Hall–Kier alpha value is -1.57.